The Morgan fingerprint density at radius 2 is 1.95 bits per heavy atom. The predicted octanol–water partition coefficient (Wildman–Crippen LogP) is 4.00. The van der Waals surface area contributed by atoms with Crippen LogP contribution >= 0.6 is 11.3 Å². The molecule has 1 aromatic rings. The van der Waals surface area contributed by atoms with Crippen LogP contribution in [0, 0.1) is 18.3 Å². The van der Waals surface area contributed by atoms with Crippen LogP contribution in [0.3, 0.4) is 0 Å². The third-order valence-electron chi connectivity index (χ3n) is 4.19. The largest absolute Gasteiger partial charge is 0.296 e. The molecule has 0 saturated carbocycles. The summed E-state index contributed by atoms with van der Waals surface area (Å²) in [5, 5.41) is 0. The summed E-state index contributed by atoms with van der Waals surface area (Å²) in [4.78, 5) is 16.6. The molecule has 0 atom stereocenters. The van der Waals surface area contributed by atoms with Crippen LogP contribution in [0.5, 0.6) is 0 Å². The molecule has 0 unspecified atom stereocenters. The van der Waals surface area contributed by atoms with Gasteiger partial charge < -0.3 is 0 Å². The van der Waals surface area contributed by atoms with E-state index in [4.69, 9.17) is 0 Å². The van der Waals surface area contributed by atoms with Gasteiger partial charge >= 0.3 is 0 Å². The minimum absolute atomic E-state index is 0.285. The highest BCUT2D eigenvalue weighted by atomic mass is 32.1. The van der Waals surface area contributed by atoms with Gasteiger partial charge in [-0.25, -0.2) is 0 Å². The van der Waals surface area contributed by atoms with E-state index in [1.807, 2.05) is 12.1 Å². The van der Waals surface area contributed by atoms with Crippen LogP contribution < -0.4 is 0 Å². The number of hydrogen-bond acceptors (Lipinski definition) is 3. The summed E-state index contributed by atoms with van der Waals surface area (Å²) in [6.07, 6.45) is 2.44. The molecule has 0 aromatic carbocycles. The van der Waals surface area contributed by atoms with Gasteiger partial charge in [-0.3, -0.25) is 9.69 Å². The standard InChI is InChI=1S/C16H25NOS/c1-12-5-6-15(19-12)14(18)11-17-9-7-13(8-10-17)16(2,3)4/h5-6,13H,7-11H2,1-4H3. The summed E-state index contributed by atoms with van der Waals surface area (Å²) in [6.45, 7) is 11.8. The van der Waals surface area contributed by atoms with Crippen LogP contribution in [-0.4, -0.2) is 30.3 Å². The van der Waals surface area contributed by atoms with E-state index < -0.39 is 0 Å². The predicted molar refractivity (Wildman–Crippen MR) is 82.0 cm³/mol. The van der Waals surface area contributed by atoms with Crippen molar-refractivity contribution in [3.8, 4) is 0 Å². The first kappa shape index (κ1) is 14.7. The molecule has 0 bridgehead atoms. The third-order valence-corrected chi connectivity index (χ3v) is 5.24. The van der Waals surface area contributed by atoms with Gasteiger partial charge in [-0.05, 0) is 56.3 Å². The highest BCUT2D eigenvalue weighted by Crippen LogP contribution is 2.34. The van der Waals surface area contributed by atoms with Crippen molar-refractivity contribution in [1.82, 2.24) is 4.90 Å². The number of rotatable bonds is 3. The Bertz CT molecular complexity index is 436. The zero-order chi connectivity index (χ0) is 14.0. The van der Waals surface area contributed by atoms with Crippen molar-refractivity contribution < 1.29 is 4.79 Å². The fourth-order valence-corrected chi connectivity index (χ4v) is 3.62. The fraction of sp³-hybridized carbons (Fsp3) is 0.688. The number of carbonyl (C=O) groups is 1. The van der Waals surface area contributed by atoms with E-state index in [0.717, 1.165) is 23.9 Å². The number of aryl methyl sites for hydroxylation is 1. The maximum Gasteiger partial charge on any atom is 0.186 e. The molecule has 2 nitrogen and oxygen atoms in total. The highest BCUT2D eigenvalue weighted by molar-refractivity contribution is 7.14. The Morgan fingerprint density at radius 1 is 1.32 bits per heavy atom. The number of ketones is 1. The van der Waals surface area contributed by atoms with Gasteiger partial charge in [0.25, 0.3) is 0 Å². The summed E-state index contributed by atoms with van der Waals surface area (Å²) in [7, 11) is 0. The third kappa shape index (κ3) is 3.90. The van der Waals surface area contributed by atoms with Crippen LogP contribution in [0.25, 0.3) is 0 Å². The van der Waals surface area contributed by atoms with Crippen molar-refractivity contribution in [2.75, 3.05) is 19.6 Å². The minimum Gasteiger partial charge on any atom is -0.296 e. The zero-order valence-corrected chi connectivity index (χ0v) is 13.3. The second kappa shape index (κ2) is 5.76. The molecule has 2 heterocycles. The van der Waals surface area contributed by atoms with Gasteiger partial charge in [-0.1, -0.05) is 20.8 Å². The SMILES string of the molecule is Cc1ccc(C(=O)CN2CCC(C(C)(C)C)CC2)s1. The molecule has 0 amide bonds. The summed E-state index contributed by atoms with van der Waals surface area (Å²) in [5.41, 5.74) is 0.404. The van der Waals surface area contributed by atoms with Crippen molar-refractivity contribution in [2.45, 2.75) is 40.5 Å². The van der Waals surface area contributed by atoms with Crippen molar-refractivity contribution in [2.24, 2.45) is 11.3 Å². The van der Waals surface area contributed by atoms with Crippen LogP contribution in [0.1, 0.15) is 48.2 Å². The first-order chi connectivity index (χ1) is 8.86. The maximum atomic E-state index is 12.2. The van der Waals surface area contributed by atoms with E-state index in [2.05, 4.69) is 32.6 Å². The van der Waals surface area contributed by atoms with E-state index in [9.17, 15) is 4.79 Å². The monoisotopic (exact) mass is 279 g/mol. The lowest BCUT2D eigenvalue weighted by atomic mass is 9.75. The fourth-order valence-electron chi connectivity index (χ4n) is 2.82. The Labute approximate surface area is 120 Å². The second-order valence-corrected chi connectivity index (χ2v) is 8.04. The Balaban J connectivity index is 1.84. The highest BCUT2D eigenvalue weighted by Gasteiger charge is 2.29. The number of piperidine rings is 1. The molecule has 0 N–H and O–H groups in total. The molecule has 106 valence electrons. The Kier molecular flexibility index (Phi) is 4.46. The van der Waals surface area contributed by atoms with Gasteiger partial charge in [0.15, 0.2) is 5.78 Å². The van der Waals surface area contributed by atoms with Crippen molar-refractivity contribution in [3.05, 3.63) is 21.9 Å². The smallest absolute Gasteiger partial charge is 0.186 e. The summed E-state index contributed by atoms with van der Waals surface area (Å²) in [6, 6.07) is 3.99. The first-order valence-electron chi connectivity index (χ1n) is 7.18. The Hall–Kier alpha value is -0.670. The van der Waals surface area contributed by atoms with E-state index in [-0.39, 0.29) is 5.78 Å². The minimum atomic E-state index is 0.285. The van der Waals surface area contributed by atoms with Crippen molar-refractivity contribution in [3.63, 3.8) is 0 Å². The quantitative estimate of drug-likeness (QED) is 0.780. The number of likely N-dealkylation sites (tertiary alicyclic amines) is 1. The van der Waals surface area contributed by atoms with E-state index >= 15 is 0 Å². The molecule has 1 fully saturated rings. The van der Waals surface area contributed by atoms with Crippen LogP contribution in [-0.2, 0) is 0 Å². The number of carbonyl (C=O) groups excluding carboxylic acids is 1. The zero-order valence-electron chi connectivity index (χ0n) is 12.5. The average molecular weight is 279 g/mol. The molecular formula is C16H25NOS. The first-order valence-corrected chi connectivity index (χ1v) is 8.00. The van der Waals surface area contributed by atoms with E-state index in [0.29, 0.717) is 12.0 Å². The molecule has 0 radical (unpaired) electrons. The topological polar surface area (TPSA) is 20.3 Å². The molecule has 3 heteroatoms. The molecule has 19 heavy (non-hydrogen) atoms. The van der Waals surface area contributed by atoms with Crippen molar-refractivity contribution >= 4 is 17.1 Å². The maximum absolute atomic E-state index is 12.2. The lowest BCUT2D eigenvalue weighted by Gasteiger charge is -2.38. The lowest BCUT2D eigenvalue weighted by molar-refractivity contribution is 0.0825. The van der Waals surface area contributed by atoms with Gasteiger partial charge in [-0.15, -0.1) is 11.3 Å². The molecule has 2 rings (SSSR count). The molecule has 1 aliphatic rings. The van der Waals surface area contributed by atoms with Gasteiger partial charge in [0.1, 0.15) is 0 Å². The molecular weight excluding hydrogens is 254 g/mol. The second-order valence-electron chi connectivity index (χ2n) is 6.75. The van der Waals surface area contributed by atoms with Gasteiger partial charge in [-0.2, -0.15) is 0 Å². The van der Waals surface area contributed by atoms with Gasteiger partial charge in [0.05, 0.1) is 11.4 Å². The normalized spacial score (nSPS) is 18.7. The van der Waals surface area contributed by atoms with Gasteiger partial charge in [0.2, 0.25) is 0 Å². The molecule has 0 spiro atoms. The number of thiophene rings is 1. The summed E-state index contributed by atoms with van der Waals surface area (Å²) in [5.74, 6) is 1.08. The van der Waals surface area contributed by atoms with Crippen LogP contribution in [0.15, 0.2) is 12.1 Å². The molecule has 0 aliphatic carbocycles. The van der Waals surface area contributed by atoms with Crippen LogP contribution in [0.4, 0.5) is 0 Å². The molecule has 1 aromatic heterocycles. The number of nitrogens with zero attached hydrogens (tertiary/aromatic N) is 1. The Morgan fingerprint density at radius 3 is 2.42 bits per heavy atom. The van der Waals surface area contributed by atoms with Crippen molar-refractivity contribution in [1.29, 1.82) is 0 Å². The van der Waals surface area contributed by atoms with Crippen LogP contribution in [0.2, 0.25) is 0 Å². The van der Waals surface area contributed by atoms with E-state index in [1.165, 1.54) is 17.7 Å². The molecule has 1 saturated heterocycles. The summed E-state index contributed by atoms with van der Waals surface area (Å²) >= 11 is 1.61. The van der Waals surface area contributed by atoms with Gasteiger partial charge in [0, 0.05) is 4.88 Å². The summed E-state index contributed by atoms with van der Waals surface area (Å²) < 4.78 is 0. The van der Waals surface area contributed by atoms with E-state index in [1.54, 1.807) is 11.3 Å². The lowest BCUT2D eigenvalue weighted by Crippen LogP contribution is -2.40. The molecule has 1 aliphatic heterocycles. The average Bonchev–Trinajstić information content (AvgIpc) is 2.75. The number of Topliss-reactive ketones (excluding diaryl/α,β-unsaturated/α-hetero) is 1. The number of hydrogen-bond donors (Lipinski definition) is 0.